The van der Waals surface area contributed by atoms with Gasteiger partial charge in [-0.15, -0.1) is 0 Å². The molecule has 0 fully saturated rings. The number of hydrogen-bond donors (Lipinski definition) is 1. The van der Waals surface area contributed by atoms with Crippen LogP contribution in [-0.2, 0) is 22.7 Å². The van der Waals surface area contributed by atoms with Gasteiger partial charge in [-0.1, -0.05) is 13.8 Å². The monoisotopic (exact) mass is 379 g/mol. The Bertz CT molecular complexity index is 388. The SMILES string of the molecule is CCCNc1nc(COCCC)nc(COC)c1I. The highest BCUT2D eigenvalue weighted by Crippen LogP contribution is 2.20. The Balaban J connectivity index is 2.87. The molecule has 108 valence electrons. The third kappa shape index (κ3) is 5.58. The van der Waals surface area contributed by atoms with Crippen molar-refractivity contribution in [2.24, 2.45) is 0 Å². The van der Waals surface area contributed by atoms with Gasteiger partial charge in [0.05, 0.1) is 15.9 Å². The minimum atomic E-state index is 0.447. The molecule has 0 aromatic carbocycles. The molecule has 1 aromatic heterocycles. The molecule has 6 heteroatoms. The molecule has 0 radical (unpaired) electrons. The molecule has 1 N–H and O–H groups in total. The summed E-state index contributed by atoms with van der Waals surface area (Å²) in [5, 5.41) is 3.32. The standard InChI is InChI=1S/C13H22IN3O2/c1-4-6-15-13-12(14)10(8-18-3)16-11(17-13)9-19-7-5-2/h4-9H2,1-3H3,(H,15,16,17). The van der Waals surface area contributed by atoms with Crippen LogP contribution in [-0.4, -0.2) is 30.2 Å². The molecule has 0 amide bonds. The lowest BCUT2D eigenvalue weighted by molar-refractivity contribution is 0.115. The van der Waals surface area contributed by atoms with Crippen molar-refractivity contribution in [1.82, 2.24) is 9.97 Å². The van der Waals surface area contributed by atoms with Gasteiger partial charge in [0.25, 0.3) is 0 Å². The number of methoxy groups -OCH3 is 1. The van der Waals surface area contributed by atoms with Crippen molar-refractivity contribution in [3.05, 3.63) is 15.1 Å². The van der Waals surface area contributed by atoms with Gasteiger partial charge >= 0.3 is 0 Å². The Morgan fingerprint density at radius 1 is 1.16 bits per heavy atom. The van der Waals surface area contributed by atoms with Crippen molar-refractivity contribution < 1.29 is 9.47 Å². The molecule has 0 unspecified atom stereocenters. The zero-order chi connectivity index (χ0) is 14.1. The molecule has 0 saturated heterocycles. The quantitative estimate of drug-likeness (QED) is 0.528. The average Bonchev–Trinajstić information content (AvgIpc) is 2.41. The smallest absolute Gasteiger partial charge is 0.156 e. The van der Waals surface area contributed by atoms with E-state index in [1.165, 1.54) is 0 Å². The summed E-state index contributed by atoms with van der Waals surface area (Å²) in [5.41, 5.74) is 0.909. The second-order valence-corrected chi connectivity index (χ2v) is 5.24. The van der Waals surface area contributed by atoms with Crippen molar-refractivity contribution in [1.29, 1.82) is 0 Å². The fourth-order valence-electron chi connectivity index (χ4n) is 1.51. The summed E-state index contributed by atoms with van der Waals surface area (Å²) in [6.45, 7) is 6.77. The highest BCUT2D eigenvalue weighted by Gasteiger charge is 2.12. The molecular formula is C13H22IN3O2. The first-order chi connectivity index (χ1) is 9.22. The first-order valence-electron chi connectivity index (χ1n) is 6.58. The molecule has 0 aliphatic heterocycles. The lowest BCUT2D eigenvalue weighted by Gasteiger charge is -2.12. The van der Waals surface area contributed by atoms with Crippen LogP contribution in [0.4, 0.5) is 5.82 Å². The van der Waals surface area contributed by atoms with Crippen LogP contribution >= 0.6 is 22.6 Å². The number of halogens is 1. The first kappa shape index (κ1) is 16.6. The first-order valence-corrected chi connectivity index (χ1v) is 7.66. The molecule has 0 saturated carbocycles. The Morgan fingerprint density at radius 2 is 1.95 bits per heavy atom. The van der Waals surface area contributed by atoms with Gasteiger partial charge in [0, 0.05) is 20.3 Å². The van der Waals surface area contributed by atoms with Crippen molar-refractivity contribution in [2.75, 3.05) is 25.6 Å². The van der Waals surface area contributed by atoms with Gasteiger partial charge in [0.2, 0.25) is 0 Å². The minimum Gasteiger partial charge on any atom is -0.378 e. The van der Waals surface area contributed by atoms with E-state index in [1.807, 2.05) is 0 Å². The van der Waals surface area contributed by atoms with Crippen LogP contribution < -0.4 is 5.32 Å². The Morgan fingerprint density at radius 3 is 2.58 bits per heavy atom. The minimum absolute atomic E-state index is 0.447. The maximum atomic E-state index is 5.51. The third-order valence-electron chi connectivity index (χ3n) is 2.37. The van der Waals surface area contributed by atoms with Crippen LogP contribution in [0.3, 0.4) is 0 Å². The van der Waals surface area contributed by atoms with E-state index in [-0.39, 0.29) is 0 Å². The van der Waals surface area contributed by atoms with Crippen LogP contribution in [0.5, 0.6) is 0 Å². The van der Waals surface area contributed by atoms with Crippen LogP contribution in [0, 0.1) is 3.57 Å². The maximum absolute atomic E-state index is 5.51. The Labute approximate surface area is 128 Å². The van der Waals surface area contributed by atoms with E-state index in [1.54, 1.807) is 7.11 Å². The largest absolute Gasteiger partial charge is 0.378 e. The van der Waals surface area contributed by atoms with Crippen molar-refractivity contribution in [2.45, 2.75) is 39.9 Å². The van der Waals surface area contributed by atoms with Gasteiger partial charge in [-0.25, -0.2) is 9.97 Å². The third-order valence-corrected chi connectivity index (χ3v) is 3.50. The molecule has 0 aliphatic rings. The summed E-state index contributed by atoms with van der Waals surface area (Å²) < 4.78 is 11.7. The molecule has 0 spiro atoms. The van der Waals surface area contributed by atoms with Crippen LogP contribution in [0.25, 0.3) is 0 Å². The van der Waals surface area contributed by atoms with E-state index >= 15 is 0 Å². The summed E-state index contributed by atoms with van der Waals surface area (Å²) in [6, 6.07) is 0. The van der Waals surface area contributed by atoms with Crippen LogP contribution in [0.15, 0.2) is 0 Å². The maximum Gasteiger partial charge on any atom is 0.156 e. The number of nitrogens with zero attached hydrogens (tertiary/aromatic N) is 2. The Kier molecular flexibility index (Phi) is 8.24. The fraction of sp³-hybridized carbons (Fsp3) is 0.692. The van der Waals surface area contributed by atoms with E-state index in [2.05, 4.69) is 51.7 Å². The second-order valence-electron chi connectivity index (χ2n) is 4.16. The van der Waals surface area contributed by atoms with Gasteiger partial charge in [-0.2, -0.15) is 0 Å². The van der Waals surface area contributed by atoms with E-state index in [0.29, 0.717) is 19.0 Å². The number of anilines is 1. The number of hydrogen-bond acceptors (Lipinski definition) is 5. The van der Waals surface area contributed by atoms with Crippen molar-refractivity contribution >= 4 is 28.4 Å². The predicted octanol–water partition coefficient (Wildman–Crippen LogP) is 2.98. The van der Waals surface area contributed by atoms with Gasteiger partial charge in [0.1, 0.15) is 12.4 Å². The molecule has 5 nitrogen and oxygen atoms in total. The molecule has 19 heavy (non-hydrogen) atoms. The number of rotatable bonds is 9. The van der Waals surface area contributed by atoms with Crippen LogP contribution in [0.2, 0.25) is 0 Å². The zero-order valence-corrected chi connectivity index (χ0v) is 14.0. The fourth-order valence-corrected chi connectivity index (χ4v) is 2.10. The van der Waals surface area contributed by atoms with Gasteiger partial charge in [-0.3, -0.25) is 0 Å². The van der Waals surface area contributed by atoms with Gasteiger partial charge in [0.15, 0.2) is 5.82 Å². The average molecular weight is 379 g/mol. The molecule has 1 heterocycles. The van der Waals surface area contributed by atoms with Gasteiger partial charge < -0.3 is 14.8 Å². The topological polar surface area (TPSA) is 56.3 Å². The normalized spacial score (nSPS) is 10.7. The van der Waals surface area contributed by atoms with Crippen LogP contribution in [0.1, 0.15) is 38.2 Å². The lowest BCUT2D eigenvalue weighted by Crippen LogP contribution is -2.12. The summed E-state index contributed by atoms with van der Waals surface area (Å²) >= 11 is 2.26. The Hall–Kier alpha value is -0.470. The van der Waals surface area contributed by atoms with E-state index in [9.17, 15) is 0 Å². The number of aromatic nitrogens is 2. The van der Waals surface area contributed by atoms with Crippen molar-refractivity contribution in [3.8, 4) is 0 Å². The predicted molar refractivity (Wildman–Crippen MR) is 84.2 cm³/mol. The summed E-state index contributed by atoms with van der Waals surface area (Å²) in [5.74, 6) is 1.58. The summed E-state index contributed by atoms with van der Waals surface area (Å²) in [6.07, 6.45) is 2.05. The lowest BCUT2D eigenvalue weighted by atomic mass is 10.3. The van der Waals surface area contributed by atoms with Gasteiger partial charge in [-0.05, 0) is 35.4 Å². The molecule has 1 rings (SSSR count). The van der Waals surface area contributed by atoms with E-state index in [0.717, 1.165) is 41.1 Å². The second kappa shape index (κ2) is 9.44. The zero-order valence-electron chi connectivity index (χ0n) is 11.8. The number of ether oxygens (including phenoxy) is 2. The highest BCUT2D eigenvalue weighted by molar-refractivity contribution is 14.1. The highest BCUT2D eigenvalue weighted by atomic mass is 127. The summed E-state index contributed by atoms with van der Waals surface area (Å²) in [4.78, 5) is 9.01. The molecule has 0 bridgehead atoms. The molecular weight excluding hydrogens is 357 g/mol. The summed E-state index contributed by atoms with van der Waals surface area (Å²) in [7, 11) is 1.67. The van der Waals surface area contributed by atoms with E-state index < -0.39 is 0 Å². The molecule has 0 atom stereocenters. The van der Waals surface area contributed by atoms with E-state index in [4.69, 9.17) is 9.47 Å². The molecule has 1 aromatic rings. The number of nitrogens with one attached hydrogen (secondary N) is 1. The van der Waals surface area contributed by atoms with Crippen molar-refractivity contribution in [3.63, 3.8) is 0 Å². The molecule has 0 aliphatic carbocycles.